The minimum absolute atomic E-state index is 0.658. The Morgan fingerprint density at radius 1 is 1.62 bits per heavy atom. The average molecular weight is 177 g/mol. The van der Waals surface area contributed by atoms with Crippen molar-refractivity contribution < 1.29 is 4.74 Å². The second kappa shape index (κ2) is 3.77. The summed E-state index contributed by atoms with van der Waals surface area (Å²) in [4.78, 5) is 4.26. The van der Waals surface area contributed by atoms with Gasteiger partial charge in [-0.05, 0) is 24.3 Å². The van der Waals surface area contributed by atoms with Gasteiger partial charge in [0.1, 0.15) is 6.61 Å². The molecule has 0 fully saturated rings. The monoisotopic (exact) mass is 177 g/mol. The summed E-state index contributed by atoms with van der Waals surface area (Å²) in [5.74, 6) is 1.56. The molecule has 0 spiro atoms. The number of hydrogen-bond acceptors (Lipinski definition) is 2. The first kappa shape index (κ1) is 8.54. The standard InChI is InChI=1S/C11H15NO/c1-9-3-2-6-12-11(7-9)13-8-10-4-5-10/h2,4,6,9H,3,5,7-8H2,1H3. The van der Waals surface area contributed by atoms with Crippen LogP contribution in [0, 0.1) is 5.92 Å². The summed E-state index contributed by atoms with van der Waals surface area (Å²) in [6.45, 7) is 2.98. The first-order valence-corrected chi connectivity index (χ1v) is 4.87. The van der Waals surface area contributed by atoms with Crippen molar-refractivity contribution in [1.82, 2.24) is 0 Å². The van der Waals surface area contributed by atoms with Crippen LogP contribution < -0.4 is 0 Å². The summed E-state index contributed by atoms with van der Waals surface area (Å²) in [5, 5.41) is 0. The summed E-state index contributed by atoms with van der Waals surface area (Å²) in [7, 11) is 0. The van der Waals surface area contributed by atoms with Crippen LogP contribution in [0.5, 0.6) is 0 Å². The third kappa shape index (κ3) is 2.72. The SMILES string of the molecule is CC1CC=CN=C(OCC2=CC2)C1. The Balaban J connectivity index is 1.84. The summed E-state index contributed by atoms with van der Waals surface area (Å²) in [5.41, 5.74) is 1.41. The van der Waals surface area contributed by atoms with Crippen molar-refractivity contribution in [2.24, 2.45) is 10.9 Å². The van der Waals surface area contributed by atoms with E-state index in [1.807, 2.05) is 6.20 Å². The number of rotatable bonds is 2. The maximum absolute atomic E-state index is 5.59. The summed E-state index contributed by atoms with van der Waals surface area (Å²) >= 11 is 0. The summed E-state index contributed by atoms with van der Waals surface area (Å²) < 4.78 is 5.59. The third-order valence-corrected chi connectivity index (χ3v) is 2.30. The van der Waals surface area contributed by atoms with Crippen LogP contribution in [0.3, 0.4) is 0 Å². The van der Waals surface area contributed by atoms with Crippen molar-refractivity contribution in [3.05, 3.63) is 23.9 Å². The van der Waals surface area contributed by atoms with E-state index in [0.29, 0.717) is 5.92 Å². The van der Waals surface area contributed by atoms with Crippen molar-refractivity contribution in [3.8, 4) is 0 Å². The predicted octanol–water partition coefficient (Wildman–Crippen LogP) is 2.68. The van der Waals surface area contributed by atoms with E-state index < -0.39 is 0 Å². The Morgan fingerprint density at radius 3 is 3.23 bits per heavy atom. The van der Waals surface area contributed by atoms with Crippen molar-refractivity contribution in [1.29, 1.82) is 0 Å². The fraction of sp³-hybridized carbons (Fsp3) is 0.545. The maximum Gasteiger partial charge on any atom is 0.188 e. The Hall–Kier alpha value is -1.05. The van der Waals surface area contributed by atoms with E-state index in [1.165, 1.54) is 5.57 Å². The summed E-state index contributed by atoms with van der Waals surface area (Å²) in [6, 6.07) is 0. The average Bonchev–Trinajstić information content (AvgIpc) is 2.88. The Bertz CT molecular complexity index is 276. The molecule has 1 aliphatic heterocycles. The topological polar surface area (TPSA) is 21.6 Å². The van der Waals surface area contributed by atoms with Crippen LogP contribution in [0.1, 0.15) is 26.2 Å². The number of ether oxygens (including phenoxy) is 1. The molecule has 70 valence electrons. The zero-order valence-electron chi connectivity index (χ0n) is 7.99. The molecule has 0 bridgehead atoms. The second-order valence-corrected chi connectivity index (χ2v) is 3.81. The van der Waals surface area contributed by atoms with Crippen LogP contribution in [0.25, 0.3) is 0 Å². The van der Waals surface area contributed by atoms with Crippen molar-refractivity contribution in [3.63, 3.8) is 0 Å². The van der Waals surface area contributed by atoms with Gasteiger partial charge in [0, 0.05) is 12.6 Å². The van der Waals surface area contributed by atoms with E-state index in [-0.39, 0.29) is 0 Å². The smallest absolute Gasteiger partial charge is 0.188 e. The zero-order valence-corrected chi connectivity index (χ0v) is 7.99. The van der Waals surface area contributed by atoms with Crippen LogP contribution in [0.15, 0.2) is 28.9 Å². The fourth-order valence-electron chi connectivity index (χ4n) is 1.33. The molecular formula is C11H15NO. The van der Waals surface area contributed by atoms with Gasteiger partial charge in [0.2, 0.25) is 0 Å². The maximum atomic E-state index is 5.59. The van der Waals surface area contributed by atoms with E-state index in [2.05, 4.69) is 24.1 Å². The Kier molecular flexibility index (Phi) is 2.48. The molecule has 0 radical (unpaired) electrons. The van der Waals surface area contributed by atoms with Crippen molar-refractivity contribution in [2.45, 2.75) is 26.2 Å². The van der Waals surface area contributed by atoms with Crippen LogP contribution in [0.4, 0.5) is 0 Å². The Morgan fingerprint density at radius 2 is 2.46 bits per heavy atom. The highest BCUT2D eigenvalue weighted by Crippen LogP contribution is 2.20. The molecule has 0 aromatic heterocycles. The zero-order chi connectivity index (χ0) is 9.10. The summed E-state index contributed by atoms with van der Waals surface area (Å²) in [6.07, 6.45) is 9.38. The first-order valence-electron chi connectivity index (χ1n) is 4.87. The lowest BCUT2D eigenvalue weighted by Gasteiger charge is -2.09. The normalized spacial score (nSPS) is 26.1. The van der Waals surface area contributed by atoms with Gasteiger partial charge in [0.05, 0.1) is 0 Å². The lowest BCUT2D eigenvalue weighted by molar-refractivity contribution is 0.325. The molecule has 13 heavy (non-hydrogen) atoms. The molecule has 0 amide bonds. The minimum atomic E-state index is 0.658. The molecular weight excluding hydrogens is 162 g/mol. The molecule has 1 aliphatic carbocycles. The first-order chi connectivity index (χ1) is 6.34. The molecule has 2 rings (SSSR count). The second-order valence-electron chi connectivity index (χ2n) is 3.81. The molecule has 2 nitrogen and oxygen atoms in total. The Labute approximate surface area is 79.0 Å². The number of hydrogen-bond donors (Lipinski definition) is 0. The van der Waals surface area contributed by atoms with E-state index in [4.69, 9.17) is 4.74 Å². The quantitative estimate of drug-likeness (QED) is 0.594. The molecule has 0 N–H and O–H groups in total. The highest BCUT2D eigenvalue weighted by Gasteiger charge is 2.12. The highest BCUT2D eigenvalue weighted by atomic mass is 16.5. The van der Waals surface area contributed by atoms with E-state index in [0.717, 1.165) is 31.8 Å². The number of allylic oxidation sites excluding steroid dienone is 2. The molecule has 2 aliphatic rings. The van der Waals surface area contributed by atoms with Gasteiger partial charge in [-0.25, -0.2) is 4.99 Å². The number of nitrogens with zero attached hydrogens (tertiary/aromatic N) is 1. The third-order valence-electron chi connectivity index (χ3n) is 2.30. The van der Waals surface area contributed by atoms with Gasteiger partial charge in [0.15, 0.2) is 5.90 Å². The molecule has 0 saturated carbocycles. The number of aliphatic imine (C=N–C) groups is 1. The van der Waals surface area contributed by atoms with Crippen LogP contribution in [-0.4, -0.2) is 12.5 Å². The molecule has 1 heterocycles. The van der Waals surface area contributed by atoms with Gasteiger partial charge < -0.3 is 4.74 Å². The largest absolute Gasteiger partial charge is 0.476 e. The molecule has 0 aromatic carbocycles. The van der Waals surface area contributed by atoms with Gasteiger partial charge in [0.25, 0.3) is 0 Å². The van der Waals surface area contributed by atoms with Gasteiger partial charge in [-0.3, -0.25) is 0 Å². The van der Waals surface area contributed by atoms with E-state index >= 15 is 0 Å². The van der Waals surface area contributed by atoms with E-state index in [9.17, 15) is 0 Å². The van der Waals surface area contributed by atoms with Gasteiger partial charge in [-0.1, -0.05) is 19.1 Å². The minimum Gasteiger partial charge on any atom is -0.476 e. The fourth-order valence-corrected chi connectivity index (χ4v) is 1.33. The molecule has 1 unspecified atom stereocenters. The molecule has 0 aromatic rings. The van der Waals surface area contributed by atoms with Crippen LogP contribution >= 0.6 is 0 Å². The van der Waals surface area contributed by atoms with E-state index in [1.54, 1.807) is 0 Å². The van der Waals surface area contributed by atoms with Gasteiger partial charge in [-0.2, -0.15) is 0 Å². The predicted molar refractivity (Wildman–Crippen MR) is 53.6 cm³/mol. The molecule has 1 atom stereocenters. The van der Waals surface area contributed by atoms with Crippen LogP contribution in [0.2, 0.25) is 0 Å². The van der Waals surface area contributed by atoms with Crippen LogP contribution in [-0.2, 0) is 4.74 Å². The van der Waals surface area contributed by atoms with Crippen molar-refractivity contribution in [2.75, 3.05) is 6.61 Å². The van der Waals surface area contributed by atoms with Gasteiger partial charge >= 0.3 is 0 Å². The highest BCUT2D eigenvalue weighted by molar-refractivity contribution is 5.77. The lowest BCUT2D eigenvalue weighted by atomic mass is 10.1. The lowest BCUT2D eigenvalue weighted by Crippen LogP contribution is -2.09. The van der Waals surface area contributed by atoms with Crippen molar-refractivity contribution >= 4 is 5.90 Å². The molecule has 0 saturated heterocycles. The molecule has 2 heteroatoms. The van der Waals surface area contributed by atoms with Gasteiger partial charge in [-0.15, -0.1) is 0 Å².